The van der Waals surface area contributed by atoms with E-state index < -0.39 is 0 Å². The first kappa shape index (κ1) is 20.7. The quantitative estimate of drug-likeness (QED) is 0.416. The van der Waals surface area contributed by atoms with E-state index in [4.69, 9.17) is 0 Å². The van der Waals surface area contributed by atoms with Crippen molar-refractivity contribution < 1.29 is 4.79 Å². The van der Waals surface area contributed by atoms with Gasteiger partial charge in [-0.3, -0.25) is 9.79 Å². The molecule has 0 aromatic carbocycles. The van der Waals surface area contributed by atoms with Crippen molar-refractivity contribution in [2.24, 2.45) is 18.0 Å². The topological polar surface area (TPSA) is 78.7 Å². The van der Waals surface area contributed by atoms with Gasteiger partial charge in [-0.15, -0.1) is 34.2 Å². The molecule has 1 fully saturated rings. The van der Waals surface area contributed by atoms with Gasteiger partial charge in [-0.05, 0) is 6.92 Å². The van der Waals surface area contributed by atoms with Gasteiger partial charge in [-0.25, -0.2) is 0 Å². The molecule has 24 heavy (non-hydrogen) atoms. The fourth-order valence-electron chi connectivity index (χ4n) is 2.60. The van der Waals surface area contributed by atoms with E-state index in [0.29, 0.717) is 6.54 Å². The third-order valence-electron chi connectivity index (χ3n) is 4.18. The van der Waals surface area contributed by atoms with E-state index in [1.165, 1.54) is 0 Å². The molecule has 0 bridgehead atoms. The summed E-state index contributed by atoms with van der Waals surface area (Å²) in [5, 5.41) is 11.5. The fourth-order valence-corrected chi connectivity index (χ4v) is 2.60. The zero-order chi connectivity index (χ0) is 17.0. The number of guanidine groups is 1. The molecule has 0 radical (unpaired) electrons. The highest BCUT2D eigenvalue weighted by Gasteiger charge is 2.24. The molecule has 2 rings (SSSR count). The van der Waals surface area contributed by atoms with Gasteiger partial charge in [0.15, 0.2) is 11.8 Å². The lowest BCUT2D eigenvalue weighted by Gasteiger charge is -2.37. The van der Waals surface area contributed by atoms with Crippen molar-refractivity contribution in [2.75, 3.05) is 33.2 Å². The third-order valence-corrected chi connectivity index (χ3v) is 4.18. The standard InChI is InChI=1S/C15H27N7O.HI/c1-11(2)14(23)21-6-8-22(9-7-21)15(16-4)17-10-13-19-18-12(3)20(13)5;/h11H,6-10H2,1-5H3,(H,16,17);1H. The minimum atomic E-state index is 0. The second kappa shape index (κ2) is 9.19. The van der Waals surface area contributed by atoms with Crippen LogP contribution in [0.25, 0.3) is 0 Å². The predicted octanol–water partition coefficient (Wildman–Crippen LogP) is 0.617. The Morgan fingerprint density at radius 2 is 1.79 bits per heavy atom. The number of halogens is 1. The largest absolute Gasteiger partial charge is 0.349 e. The molecule has 1 aliphatic rings. The van der Waals surface area contributed by atoms with Crippen LogP contribution in [0, 0.1) is 12.8 Å². The van der Waals surface area contributed by atoms with E-state index in [1.54, 1.807) is 7.05 Å². The molecule has 0 atom stereocenters. The van der Waals surface area contributed by atoms with Crippen LogP contribution >= 0.6 is 24.0 Å². The van der Waals surface area contributed by atoms with Crippen LogP contribution < -0.4 is 5.32 Å². The Kier molecular flexibility index (Phi) is 7.91. The zero-order valence-corrected chi connectivity index (χ0v) is 17.4. The van der Waals surface area contributed by atoms with Crippen molar-refractivity contribution >= 4 is 35.8 Å². The molecule has 0 unspecified atom stereocenters. The van der Waals surface area contributed by atoms with E-state index in [-0.39, 0.29) is 35.8 Å². The number of carbonyl (C=O) groups excluding carboxylic acids is 1. The number of aryl methyl sites for hydroxylation is 1. The molecule has 1 amide bonds. The Balaban J connectivity index is 0.00000288. The Morgan fingerprint density at radius 1 is 1.21 bits per heavy atom. The van der Waals surface area contributed by atoms with E-state index in [9.17, 15) is 4.79 Å². The highest BCUT2D eigenvalue weighted by Crippen LogP contribution is 2.07. The first-order chi connectivity index (χ1) is 10.9. The second-order valence-electron chi connectivity index (χ2n) is 6.09. The number of aromatic nitrogens is 3. The summed E-state index contributed by atoms with van der Waals surface area (Å²) in [6.45, 7) is 9.44. The number of nitrogens with zero attached hydrogens (tertiary/aromatic N) is 6. The normalized spacial score (nSPS) is 15.5. The molecule has 1 aromatic heterocycles. The molecular formula is C15H28IN7O. The Labute approximate surface area is 160 Å². The molecule has 8 nitrogen and oxygen atoms in total. The van der Waals surface area contributed by atoms with Gasteiger partial charge < -0.3 is 19.7 Å². The van der Waals surface area contributed by atoms with E-state index in [2.05, 4.69) is 25.4 Å². The SMILES string of the molecule is CN=C(NCc1nnc(C)n1C)N1CCN(C(=O)C(C)C)CC1.I. The lowest BCUT2D eigenvalue weighted by atomic mass is 10.1. The van der Waals surface area contributed by atoms with Crippen molar-refractivity contribution in [3.8, 4) is 0 Å². The summed E-state index contributed by atoms with van der Waals surface area (Å²) >= 11 is 0. The third kappa shape index (κ3) is 4.81. The van der Waals surface area contributed by atoms with Crippen LogP contribution in [0.2, 0.25) is 0 Å². The van der Waals surface area contributed by atoms with Gasteiger partial charge >= 0.3 is 0 Å². The average molecular weight is 449 g/mol. The van der Waals surface area contributed by atoms with Crippen LogP contribution in [0.4, 0.5) is 0 Å². The van der Waals surface area contributed by atoms with Crippen LogP contribution in [-0.4, -0.2) is 69.7 Å². The highest BCUT2D eigenvalue weighted by molar-refractivity contribution is 14.0. The molecule has 9 heteroatoms. The number of rotatable bonds is 3. The lowest BCUT2D eigenvalue weighted by Crippen LogP contribution is -2.54. The molecule has 2 heterocycles. The summed E-state index contributed by atoms with van der Waals surface area (Å²) in [5.74, 6) is 2.87. The molecule has 0 saturated carbocycles. The molecule has 0 aliphatic carbocycles. The fraction of sp³-hybridized carbons (Fsp3) is 0.733. The van der Waals surface area contributed by atoms with Gasteiger partial charge in [0.05, 0.1) is 6.54 Å². The minimum absolute atomic E-state index is 0. The van der Waals surface area contributed by atoms with Crippen molar-refractivity contribution in [3.05, 3.63) is 11.6 Å². The van der Waals surface area contributed by atoms with Crippen molar-refractivity contribution in [2.45, 2.75) is 27.3 Å². The Hall–Kier alpha value is -1.39. The van der Waals surface area contributed by atoms with Gasteiger partial charge in [-0.1, -0.05) is 13.8 Å². The van der Waals surface area contributed by atoms with Gasteiger partial charge in [0, 0.05) is 46.2 Å². The first-order valence-electron chi connectivity index (χ1n) is 8.03. The smallest absolute Gasteiger partial charge is 0.225 e. The minimum Gasteiger partial charge on any atom is -0.349 e. The van der Waals surface area contributed by atoms with Crippen molar-refractivity contribution in [1.82, 2.24) is 29.9 Å². The maximum absolute atomic E-state index is 12.0. The summed E-state index contributed by atoms with van der Waals surface area (Å²) < 4.78 is 1.96. The van der Waals surface area contributed by atoms with Crippen LogP contribution in [0.5, 0.6) is 0 Å². The van der Waals surface area contributed by atoms with Gasteiger partial charge in [0.2, 0.25) is 5.91 Å². The number of aliphatic imine (C=N–C) groups is 1. The lowest BCUT2D eigenvalue weighted by molar-refractivity contribution is -0.135. The Morgan fingerprint density at radius 3 is 2.25 bits per heavy atom. The maximum atomic E-state index is 12.0. The molecule has 1 aromatic rings. The number of hydrogen-bond donors (Lipinski definition) is 1. The van der Waals surface area contributed by atoms with Crippen molar-refractivity contribution in [3.63, 3.8) is 0 Å². The van der Waals surface area contributed by atoms with Crippen LogP contribution in [0.1, 0.15) is 25.5 Å². The number of nitrogens with one attached hydrogen (secondary N) is 1. The van der Waals surface area contributed by atoms with Crippen molar-refractivity contribution in [1.29, 1.82) is 0 Å². The maximum Gasteiger partial charge on any atom is 0.225 e. The van der Waals surface area contributed by atoms with Gasteiger partial charge in [0.25, 0.3) is 0 Å². The first-order valence-corrected chi connectivity index (χ1v) is 8.03. The van der Waals surface area contributed by atoms with Crippen LogP contribution in [0.15, 0.2) is 4.99 Å². The highest BCUT2D eigenvalue weighted by atomic mass is 127. The molecule has 1 N–H and O–H groups in total. The summed E-state index contributed by atoms with van der Waals surface area (Å²) in [6, 6.07) is 0. The molecule has 1 aliphatic heterocycles. The van der Waals surface area contributed by atoms with Gasteiger partial charge in [0.1, 0.15) is 5.82 Å². The Bertz CT molecular complexity index is 576. The summed E-state index contributed by atoms with van der Waals surface area (Å²) in [4.78, 5) is 20.5. The average Bonchev–Trinajstić information content (AvgIpc) is 2.87. The van der Waals surface area contributed by atoms with E-state index >= 15 is 0 Å². The number of piperazine rings is 1. The molecular weight excluding hydrogens is 421 g/mol. The number of carbonyl (C=O) groups is 1. The predicted molar refractivity (Wildman–Crippen MR) is 104 cm³/mol. The van der Waals surface area contributed by atoms with E-state index in [0.717, 1.165) is 43.8 Å². The van der Waals surface area contributed by atoms with Crippen LogP contribution in [-0.2, 0) is 18.4 Å². The summed E-state index contributed by atoms with van der Waals surface area (Å²) in [5.41, 5.74) is 0. The number of hydrogen-bond acceptors (Lipinski definition) is 4. The van der Waals surface area contributed by atoms with E-state index in [1.807, 2.05) is 37.3 Å². The zero-order valence-electron chi connectivity index (χ0n) is 15.1. The number of amides is 1. The molecule has 136 valence electrons. The molecule has 1 saturated heterocycles. The van der Waals surface area contributed by atoms with Crippen LogP contribution in [0.3, 0.4) is 0 Å². The second-order valence-corrected chi connectivity index (χ2v) is 6.09. The summed E-state index contributed by atoms with van der Waals surface area (Å²) in [6.07, 6.45) is 0. The monoisotopic (exact) mass is 449 g/mol. The van der Waals surface area contributed by atoms with Gasteiger partial charge in [-0.2, -0.15) is 0 Å². The summed E-state index contributed by atoms with van der Waals surface area (Å²) in [7, 11) is 3.72. The molecule has 0 spiro atoms.